The Morgan fingerprint density at radius 3 is 2.46 bits per heavy atom. The topological polar surface area (TPSA) is 134 Å². The van der Waals surface area contributed by atoms with Crippen molar-refractivity contribution < 1.29 is 34.1 Å². The largest absolute Gasteiger partial charge is 0.473 e. The fourth-order valence-corrected chi connectivity index (χ4v) is 2.57. The van der Waals surface area contributed by atoms with E-state index in [1.54, 1.807) is 29.5 Å². The first kappa shape index (κ1) is 19.2. The molecule has 4 N–H and O–H groups in total. The van der Waals surface area contributed by atoms with E-state index < -0.39 is 11.9 Å². The number of aliphatic carboxylic acids is 2. The average molecular weight is 380 g/mol. The number of carboxylic acids is 2. The van der Waals surface area contributed by atoms with Gasteiger partial charge in [-0.05, 0) is 23.6 Å². The van der Waals surface area contributed by atoms with Gasteiger partial charge in [-0.3, -0.25) is 4.79 Å². The van der Waals surface area contributed by atoms with Crippen molar-refractivity contribution in [1.29, 1.82) is 0 Å². The van der Waals surface area contributed by atoms with Crippen LogP contribution in [0, 0.1) is 0 Å². The second-order valence-electron chi connectivity index (χ2n) is 4.91. The summed E-state index contributed by atoms with van der Waals surface area (Å²) in [6.45, 7) is 1.20. The molecule has 9 nitrogen and oxygen atoms in total. The molecule has 0 aliphatic carbocycles. The van der Waals surface area contributed by atoms with Crippen molar-refractivity contribution in [2.24, 2.45) is 0 Å². The van der Waals surface area contributed by atoms with Gasteiger partial charge in [0.05, 0.1) is 6.54 Å². The van der Waals surface area contributed by atoms with E-state index in [2.05, 4.69) is 10.6 Å². The number of carbonyl (C=O) groups excluding carboxylic acids is 1. The third-order valence-corrected chi connectivity index (χ3v) is 3.88. The molecule has 138 valence electrons. The van der Waals surface area contributed by atoms with Crippen LogP contribution in [0.3, 0.4) is 0 Å². The van der Waals surface area contributed by atoms with Gasteiger partial charge in [0.25, 0.3) is 0 Å². The summed E-state index contributed by atoms with van der Waals surface area (Å²) in [5.74, 6) is -2.36. The van der Waals surface area contributed by atoms with Crippen LogP contribution >= 0.6 is 11.3 Å². The van der Waals surface area contributed by atoms with Gasteiger partial charge in [0, 0.05) is 23.2 Å². The van der Waals surface area contributed by atoms with Crippen LogP contribution in [0.25, 0.3) is 0 Å². The highest BCUT2D eigenvalue weighted by Gasteiger charge is 2.14. The zero-order valence-corrected chi connectivity index (χ0v) is 14.2. The molecule has 1 aromatic heterocycles. The summed E-state index contributed by atoms with van der Waals surface area (Å²) in [6, 6.07) is 9.38. The lowest BCUT2D eigenvalue weighted by Crippen LogP contribution is -2.27. The fourth-order valence-electron chi connectivity index (χ4n) is 1.89. The highest BCUT2D eigenvalue weighted by Crippen LogP contribution is 2.34. The number of carboxylic acid groups (broad SMARTS) is 2. The Bertz CT molecular complexity index is 765. The van der Waals surface area contributed by atoms with Crippen LogP contribution in [0.2, 0.25) is 0 Å². The quantitative estimate of drug-likeness (QED) is 0.571. The number of benzene rings is 1. The first-order chi connectivity index (χ1) is 12.5. The molecular weight excluding hydrogens is 364 g/mol. The molecule has 26 heavy (non-hydrogen) atoms. The summed E-state index contributed by atoms with van der Waals surface area (Å²) in [4.78, 5) is 31.2. The van der Waals surface area contributed by atoms with Gasteiger partial charge >= 0.3 is 11.9 Å². The summed E-state index contributed by atoms with van der Waals surface area (Å²) in [5, 5.41) is 22.7. The van der Waals surface area contributed by atoms with Crippen LogP contribution in [0.5, 0.6) is 11.5 Å². The van der Waals surface area contributed by atoms with Crippen LogP contribution in [0.4, 0.5) is 5.69 Å². The lowest BCUT2D eigenvalue weighted by Gasteiger charge is -2.07. The molecule has 0 atom stereocenters. The molecule has 10 heteroatoms. The van der Waals surface area contributed by atoms with Crippen molar-refractivity contribution in [2.75, 3.05) is 18.7 Å². The molecular formula is C16H16N2O7S. The maximum Gasteiger partial charge on any atom is 0.414 e. The Morgan fingerprint density at radius 2 is 1.81 bits per heavy atom. The van der Waals surface area contributed by atoms with Crippen molar-refractivity contribution >= 4 is 34.9 Å². The number of ether oxygens (including phenoxy) is 2. The average Bonchev–Trinajstić information content (AvgIpc) is 3.26. The molecule has 2 aromatic rings. The van der Waals surface area contributed by atoms with Gasteiger partial charge in [0.2, 0.25) is 12.7 Å². The zero-order valence-electron chi connectivity index (χ0n) is 13.4. The van der Waals surface area contributed by atoms with Crippen molar-refractivity contribution in [3.63, 3.8) is 0 Å². The molecule has 1 aliphatic rings. The number of amides is 1. The summed E-state index contributed by atoms with van der Waals surface area (Å²) in [5.41, 5.74) is 0.706. The number of rotatable bonds is 5. The SMILES string of the molecule is O=C(CNCc1cccs1)Nc1ccc2c(c1)OCO2.O=C(O)C(=O)O. The van der Waals surface area contributed by atoms with Gasteiger partial charge in [0.1, 0.15) is 0 Å². The molecule has 0 saturated carbocycles. The monoisotopic (exact) mass is 380 g/mol. The molecule has 0 bridgehead atoms. The third kappa shape index (κ3) is 6.07. The van der Waals surface area contributed by atoms with Gasteiger partial charge in [-0.25, -0.2) is 9.59 Å². The van der Waals surface area contributed by atoms with E-state index in [-0.39, 0.29) is 19.2 Å². The van der Waals surface area contributed by atoms with Crippen LogP contribution in [-0.2, 0) is 20.9 Å². The van der Waals surface area contributed by atoms with E-state index >= 15 is 0 Å². The molecule has 0 unspecified atom stereocenters. The zero-order chi connectivity index (χ0) is 18.9. The van der Waals surface area contributed by atoms with Crippen molar-refractivity contribution in [3.8, 4) is 11.5 Å². The van der Waals surface area contributed by atoms with Crippen molar-refractivity contribution in [3.05, 3.63) is 40.6 Å². The number of carbonyl (C=O) groups is 3. The Kier molecular flexibility index (Phi) is 6.94. The summed E-state index contributed by atoms with van der Waals surface area (Å²) >= 11 is 1.67. The van der Waals surface area contributed by atoms with Gasteiger partial charge in [-0.2, -0.15) is 0 Å². The van der Waals surface area contributed by atoms with Crippen LogP contribution in [0.15, 0.2) is 35.7 Å². The number of hydrogen-bond donors (Lipinski definition) is 4. The molecule has 1 amide bonds. The molecule has 1 aliphatic heterocycles. The van der Waals surface area contributed by atoms with Gasteiger partial charge in [-0.15, -0.1) is 11.3 Å². The second kappa shape index (κ2) is 9.39. The number of fused-ring (bicyclic) bond motifs is 1. The molecule has 0 saturated heterocycles. The standard InChI is InChI=1S/C14H14N2O3S.C2H2O4/c17-14(8-15-7-11-2-1-5-20-11)16-10-3-4-12-13(6-10)19-9-18-12;3-1(4)2(5)6/h1-6,15H,7-9H2,(H,16,17);(H,3,4)(H,5,6). The minimum Gasteiger partial charge on any atom is -0.473 e. The van der Waals surface area contributed by atoms with Crippen molar-refractivity contribution in [2.45, 2.75) is 6.54 Å². The molecule has 0 radical (unpaired) electrons. The highest BCUT2D eigenvalue weighted by atomic mass is 32.1. The Labute approximate surface area is 152 Å². The number of anilines is 1. The van der Waals surface area contributed by atoms with Crippen LogP contribution in [-0.4, -0.2) is 41.4 Å². The Morgan fingerprint density at radius 1 is 1.08 bits per heavy atom. The molecule has 1 aromatic carbocycles. The fraction of sp³-hybridized carbons (Fsp3) is 0.188. The van der Waals surface area contributed by atoms with Crippen LogP contribution in [0.1, 0.15) is 4.88 Å². The first-order valence-corrected chi connectivity index (χ1v) is 8.22. The van der Waals surface area contributed by atoms with Gasteiger partial charge in [-0.1, -0.05) is 6.07 Å². The first-order valence-electron chi connectivity index (χ1n) is 7.34. The molecule has 2 heterocycles. The molecule has 3 rings (SSSR count). The normalized spacial score (nSPS) is 11.2. The lowest BCUT2D eigenvalue weighted by atomic mass is 10.3. The smallest absolute Gasteiger partial charge is 0.414 e. The van der Waals surface area contributed by atoms with E-state index in [1.165, 1.54) is 4.88 Å². The van der Waals surface area contributed by atoms with Crippen molar-refractivity contribution in [1.82, 2.24) is 5.32 Å². The van der Waals surface area contributed by atoms with Gasteiger partial charge in [0.15, 0.2) is 11.5 Å². The maximum atomic E-state index is 11.8. The highest BCUT2D eigenvalue weighted by molar-refractivity contribution is 7.09. The van der Waals surface area contributed by atoms with Crippen LogP contribution < -0.4 is 20.1 Å². The number of nitrogens with one attached hydrogen (secondary N) is 2. The van der Waals surface area contributed by atoms with E-state index in [0.29, 0.717) is 23.7 Å². The summed E-state index contributed by atoms with van der Waals surface area (Å²) < 4.78 is 10.5. The summed E-state index contributed by atoms with van der Waals surface area (Å²) in [7, 11) is 0. The van der Waals surface area contributed by atoms with E-state index in [4.69, 9.17) is 29.3 Å². The Balaban J connectivity index is 0.000000352. The van der Waals surface area contributed by atoms with E-state index in [9.17, 15) is 4.79 Å². The Hall–Kier alpha value is -3.11. The molecule has 0 spiro atoms. The lowest BCUT2D eigenvalue weighted by molar-refractivity contribution is -0.159. The number of hydrogen-bond acceptors (Lipinski definition) is 7. The minimum absolute atomic E-state index is 0.0829. The predicted molar refractivity (Wildman–Crippen MR) is 92.5 cm³/mol. The summed E-state index contributed by atoms with van der Waals surface area (Å²) in [6.07, 6.45) is 0. The minimum atomic E-state index is -1.82. The number of thiophene rings is 1. The van der Waals surface area contributed by atoms with E-state index in [0.717, 1.165) is 0 Å². The molecule has 0 fully saturated rings. The second-order valence-corrected chi connectivity index (χ2v) is 5.94. The third-order valence-electron chi connectivity index (χ3n) is 3.00. The maximum absolute atomic E-state index is 11.8. The van der Waals surface area contributed by atoms with E-state index in [1.807, 2.05) is 17.5 Å². The van der Waals surface area contributed by atoms with Gasteiger partial charge < -0.3 is 30.3 Å². The predicted octanol–water partition coefficient (Wildman–Crippen LogP) is 1.36.